The molecule has 0 saturated carbocycles. The fourth-order valence-corrected chi connectivity index (χ4v) is 2.84. The SMILES string of the molecule is C[C@@H]1OCC[C@H]1O[Si](C)(C)C(C)(C)C. The Balaban J connectivity index is 2.58. The molecule has 1 aliphatic rings. The van der Waals surface area contributed by atoms with Crippen LogP contribution >= 0.6 is 0 Å². The highest BCUT2D eigenvalue weighted by Gasteiger charge is 2.41. The first kappa shape index (κ1) is 12.2. The van der Waals surface area contributed by atoms with Gasteiger partial charge in [-0.2, -0.15) is 0 Å². The molecule has 0 bridgehead atoms. The number of hydrogen-bond donors (Lipinski definition) is 0. The van der Waals surface area contributed by atoms with E-state index in [1.807, 2.05) is 0 Å². The zero-order chi connectivity index (χ0) is 11.0. The predicted molar refractivity (Wildman–Crippen MR) is 62.1 cm³/mol. The van der Waals surface area contributed by atoms with Gasteiger partial charge in [0.1, 0.15) is 0 Å². The van der Waals surface area contributed by atoms with Gasteiger partial charge in [-0.1, -0.05) is 20.8 Å². The molecular formula is C11H24O2Si. The predicted octanol–water partition coefficient (Wildman–Crippen LogP) is 3.19. The molecule has 0 aromatic carbocycles. The Morgan fingerprint density at radius 2 is 1.86 bits per heavy atom. The highest BCUT2D eigenvalue weighted by molar-refractivity contribution is 6.74. The lowest BCUT2D eigenvalue weighted by Crippen LogP contribution is -2.45. The molecule has 84 valence electrons. The Morgan fingerprint density at radius 1 is 1.29 bits per heavy atom. The summed E-state index contributed by atoms with van der Waals surface area (Å²) in [4.78, 5) is 0. The number of rotatable bonds is 2. The fraction of sp³-hybridized carbons (Fsp3) is 1.00. The van der Waals surface area contributed by atoms with Crippen molar-refractivity contribution >= 4 is 8.32 Å². The van der Waals surface area contributed by atoms with Gasteiger partial charge >= 0.3 is 0 Å². The summed E-state index contributed by atoms with van der Waals surface area (Å²) < 4.78 is 11.8. The maximum Gasteiger partial charge on any atom is 0.192 e. The average molecular weight is 216 g/mol. The molecule has 1 heterocycles. The van der Waals surface area contributed by atoms with Gasteiger partial charge in [0.2, 0.25) is 0 Å². The van der Waals surface area contributed by atoms with Crippen molar-refractivity contribution in [2.24, 2.45) is 0 Å². The molecule has 0 aromatic heterocycles. The van der Waals surface area contributed by atoms with Crippen molar-refractivity contribution in [2.45, 2.75) is 64.5 Å². The molecule has 0 aliphatic carbocycles. The molecule has 0 unspecified atom stereocenters. The first-order valence-corrected chi connectivity index (χ1v) is 8.44. The van der Waals surface area contributed by atoms with Crippen LogP contribution in [0.2, 0.25) is 18.1 Å². The Kier molecular flexibility index (Phi) is 3.44. The highest BCUT2D eigenvalue weighted by atomic mass is 28.4. The van der Waals surface area contributed by atoms with Gasteiger partial charge in [0.15, 0.2) is 8.32 Å². The van der Waals surface area contributed by atoms with Crippen LogP contribution < -0.4 is 0 Å². The normalized spacial score (nSPS) is 29.6. The van der Waals surface area contributed by atoms with E-state index in [0.717, 1.165) is 13.0 Å². The number of ether oxygens (including phenoxy) is 1. The minimum absolute atomic E-state index is 0.282. The third-order valence-electron chi connectivity index (χ3n) is 3.56. The van der Waals surface area contributed by atoms with Crippen LogP contribution in [0.3, 0.4) is 0 Å². The van der Waals surface area contributed by atoms with Crippen LogP contribution in [0.25, 0.3) is 0 Å². The highest BCUT2D eigenvalue weighted by Crippen LogP contribution is 2.38. The molecule has 14 heavy (non-hydrogen) atoms. The lowest BCUT2D eigenvalue weighted by atomic mass is 10.2. The molecule has 0 spiro atoms. The van der Waals surface area contributed by atoms with E-state index in [-0.39, 0.29) is 6.10 Å². The first-order valence-electron chi connectivity index (χ1n) is 5.53. The van der Waals surface area contributed by atoms with Crippen LogP contribution in [0, 0.1) is 0 Å². The molecular weight excluding hydrogens is 192 g/mol. The fourth-order valence-electron chi connectivity index (χ4n) is 1.42. The van der Waals surface area contributed by atoms with E-state index in [2.05, 4.69) is 40.8 Å². The second-order valence-electron chi connectivity index (χ2n) is 5.78. The standard InChI is InChI=1S/C11H24O2Si/c1-9-10(7-8-12-9)13-14(5,6)11(2,3)4/h9-10H,7-8H2,1-6H3/t9-,10+/m0/s1. The van der Waals surface area contributed by atoms with Gasteiger partial charge in [-0.3, -0.25) is 0 Å². The van der Waals surface area contributed by atoms with Crippen LogP contribution in [0.5, 0.6) is 0 Å². The summed E-state index contributed by atoms with van der Waals surface area (Å²) in [6.45, 7) is 14.4. The summed E-state index contributed by atoms with van der Waals surface area (Å²) in [6, 6.07) is 0. The quantitative estimate of drug-likeness (QED) is 0.660. The average Bonchev–Trinajstić information content (AvgIpc) is 2.33. The largest absolute Gasteiger partial charge is 0.411 e. The second kappa shape index (κ2) is 3.95. The Hall–Kier alpha value is 0.137. The summed E-state index contributed by atoms with van der Waals surface area (Å²) >= 11 is 0. The van der Waals surface area contributed by atoms with Crippen LogP contribution in [0.15, 0.2) is 0 Å². The maximum absolute atomic E-state index is 6.29. The Morgan fingerprint density at radius 3 is 2.21 bits per heavy atom. The van der Waals surface area contributed by atoms with Crippen molar-refractivity contribution in [1.82, 2.24) is 0 Å². The molecule has 3 heteroatoms. The van der Waals surface area contributed by atoms with Gasteiger partial charge < -0.3 is 9.16 Å². The first-order chi connectivity index (χ1) is 6.24. The molecule has 0 aromatic rings. The zero-order valence-corrected chi connectivity index (χ0v) is 11.4. The van der Waals surface area contributed by atoms with Crippen LogP contribution in [-0.2, 0) is 9.16 Å². The molecule has 1 saturated heterocycles. The van der Waals surface area contributed by atoms with Crippen molar-refractivity contribution in [3.05, 3.63) is 0 Å². The summed E-state index contributed by atoms with van der Waals surface area (Å²) in [7, 11) is -1.59. The van der Waals surface area contributed by atoms with E-state index in [1.54, 1.807) is 0 Å². The van der Waals surface area contributed by atoms with Crippen molar-refractivity contribution in [2.75, 3.05) is 6.61 Å². The third-order valence-corrected chi connectivity index (χ3v) is 8.06. The van der Waals surface area contributed by atoms with E-state index in [4.69, 9.17) is 9.16 Å². The molecule has 0 amide bonds. The van der Waals surface area contributed by atoms with Crippen LogP contribution in [0.1, 0.15) is 34.1 Å². The second-order valence-corrected chi connectivity index (χ2v) is 10.5. The third kappa shape index (κ3) is 2.58. The summed E-state index contributed by atoms with van der Waals surface area (Å²) in [5.74, 6) is 0. The molecule has 1 rings (SSSR count). The molecule has 2 atom stereocenters. The lowest BCUT2D eigenvalue weighted by Gasteiger charge is -2.39. The van der Waals surface area contributed by atoms with Crippen molar-refractivity contribution < 1.29 is 9.16 Å². The lowest BCUT2D eigenvalue weighted by molar-refractivity contribution is 0.0608. The van der Waals surface area contributed by atoms with Gasteiger partial charge in [0.25, 0.3) is 0 Å². The van der Waals surface area contributed by atoms with Gasteiger partial charge in [0, 0.05) is 6.61 Å². The van der Waals surface area contributed by atoms with Crippen molar-refractivity contribution in [3.8, 4) is 0 Å². The van der Waals surface area contributed by atoms with E-state index in [1.165, 1.54) is 0 Å². The van der Waals surface area contributed by atoms with E-state index >= 15 is 0 Å². The monoisotopic (exact) mass is 216 g/mol. The molecule has 0 radical (unpaired) electrons. The maximum atomic E-state index is 6.29. The Labute approximate surface area is 89.1 Å². The Bertz CT molecular complexity index is 196. The summed E-state index contributed by atoms with van der Waals surface area (Å²) in [6.07, 6.45) is 1.67. The van der Waals surface area contributed by atoms with Crippen LogP contribution in [-0.4, -0.2) is 27.1 Å². The van der Waals surface area contributed by atoms with Gasteiger partial charge in [-0.05, 0) is 31.5 Å². The topological polar surface area (TPSA) is 18.5 Å². The summed E-state index contributed by atoms with van der Waals surface area (Å²) in [5.41, 5.74) is 0. The minimum Gasteiger partial charge on any atom is -0.411 e. The summed E-state index contributed by atoms with van der Waals surface area (Å²) in [5, 5.41) is 0.301. The molecule has 1 aliphatic heterocycles. The van der Waals surface area contributed by atoms with Crippen molar-refractivity contribution in [3.63, 3.8) is 0 Å². The molecule has 0 N–H and O–H groups in total. The van der Waals surface area contributed by atoms with E-state index < -0.39 is 8.32 Å². The smallest absolute Gasteiger partial charge is 0.192 e. The van der Waals surface area contributed by atoms with Crippen molar-refractivity contribution in [1.29, 1.82) is 0 Å². The van der Waals surface area contributed by atoms with Crippen LogP contribution in [0.4, 0.5) is 0 Å². The molecule has 2 nitrogen and oxygen atoms in total. The van der Waals surface area contributed by atoms with E-state index in [9.17, 15) is 0 Å². The minimum atomic E-state index is -1.59. The van der Waals surface area contributed by atoms with Gasteiger partial charge in [-0.15, -0.1) is 0 Å². The number of hydrogen-bond acceptors (Lipinski definition) is 2. The van der Waals surface area contributed by atoms with Gasteiger partial charge in [0.05, 0.1) is 12.2 Å². The van der Waals surface area contributed by atoms with E-state index in [0.29, 0.717) is 11.1 Å². The zero-order valence-electron chi connectivity index (χ0n) is 10.4. The van der Waals surface area contributed by atoms with Gasteiger partial charge in [-0.25, -0.2) is 0 Å². The molecule has 1 fully saturated rings.